The summed E-state index contributed by atoms with van der Waals surface area (Å²) in [5, 5.41) is 23.5. The SMILES string of the molecule is O=[N+]([O-])c1ccc(NCC2CCC(O)C2)c(Cl)c1. The molecule has 0 radical (unpaired) electrons. The number of hydrogen-bond donors (Lipinski definition) is 2. The summed E-state index contributed by atoms with van der Waals surface area (Å²) in [6.07, 6.45) is 2.46. The van der Waals surface area contributed by atoms with Crippen molar-refractivity contribution in [1.29, 1.82) is 0 Å². The number of hydrogen-bond acceptors (Lipinski definition) is 4. The summed E-state index contributed by atoms with van der Waals surface area (Å²) in [4.78, 5) is 10.1. The average molecular weight is 271 g/mol. The first-order chi connectivity index (χ1) is 8.56. The molecule has 1 aromatic carbocycles. The quantitative estimate of drug-likeness (QED) is 0.652. The zero-order chi connectivity index (χ0) is 13.1. The Hall–Kier alpha value is -1.33. The lowest BCUT2D eigenvalue weighted by molar-refractivity contribution is -0.384. The highest BCUT2D eigenvalue weighted by Crippen LogP contribution is 2.29. The fraction of sp³-hybridized carbons (Fsp3) is 0.500. The monoisotopic (exact) mass is 270 g/mol. The molecule has 2 unspecified atom stereocenters. The molecule has 1 saturated carbocycles. The van der Waals surface area contributed by atoms with Gasteiger partial charge in [-0.1, -0.05) is 11.6 Å². The summed E-state index contributed by atoms with van der Waals surface area (Å²) in [5.41, 5.74) is 0.686. The van der Waals surface area contributed by atoms with Crippen molar-refractivity contribution >= 4 is 23.0 Å². The van der Waals surface area contributed by atoms with Crippen LogP contribution >= 0.6 is 11.6 Å². The van der Waals surface area contributed by atoms with Crippen LogP contribution in [0.2, 0.25) is 5.02 Å². The number of rotatable bonds is 4. The van der Waals surface area contributed by atoms with E-state index in [0.717, 1.165) is 25.8 Å². The Labute approximate surface area is 110 Å². The molecule has 1 aromatic rings. The molecule has 0 aliphatic heterocycles. The average Bonchev–Trinajstić information content (AvgIpc) is 2.73. The van der Waals surface area contributed by atoms with Gasteiger partial charge in [0.05, 0.1) is 21.7 Å². The highest BCUT2D eigenvalue weighted by Gasteiger charge is 2.22. The van der Waals surface area contributed by atoms with Crippen molar-refractivity contribution in [2.24, 2.45) is 5.92 Å². The summed E-state index contributed by atoms with van der Waals surface area (Å²) >= 11 is 5.97. The fourth-order valence-corrected chi connectivity index (χ4v) is 2.49. The van der Waals surface area contributed by atoms with E-state index in [9.17, 15) is 15.2 Å². The van der Waals surface area contributed by atoms with Crippen molar-refractivity contribution in [3.63, 3.8) is 0 Å². The van der Waals surface area contributed by atoms with Crippen LogP contribution in [0.4, 0.5) is 11.4 Å². The van der Waals surface area contributed by atoms with Gasteiger partial charge in [0.15, 0.2) is 0 Å². The van der Waals surface area contributed by atoms with Gasteiger partial charge < -0.3 is 10.4 Å². The van der Waals surface area contributed by atoms with Gasteiger partial charge in [0, 0.05) is 18.7 Å². The van der Waals surface area contributed by atoms with Crippen molar-refractivity contribution in [2.45, 2.75) is 25.4 Å². The largest absolute Gasteiger partial charge is 0.393 e. The third-order valence-electron chi connectivity index (χ3n) is 3.26. The van der Waals surface area contributed by atoms with Crippen LogP contribution in [0.15, 0.2) is 18.2 Å². The number of nitrogens with zero attached hydrogens (tertiary/aromatic N) is 1. The van der Waals surface area contributed by atoms with Gasteiger partial charge >= 0.3 is 0 Å². The van der Waals surface area contributed by atoms with Gasteiger partial charge in [-0.2, -0.15) is 0 Å². The van der Waals surface area contributed by atoms with Crippen LogP contribution in [-0.4, -0.2) is 22.7 Å². The number of aliphatic hydroxyl groups excluding tert-OH is 1. The van der Waals surface area contributed by atoms with E-state index in [1.165, 1.54) is 12.1 Å². The second-order valence-electron chi connectivity index (χ2n) is 4.64. The van der Waals surface area contributed by atoms with E-state index in [-0.39, 0.29) is 11.8 Å². The van der Waals surface area contributed by atoms with Gasteiger partial charge in [-0.25, -0.2) is 0 Å². The standard InChI is InChI=1S/C12H15ClN2O3/c13-11-6-9(15(17)18)2-4-12(11)14-7-8-1-3-10(16)5-8/h2,4,6,8,10,14,16H,1,3,5,7H2. The first kappa shape index (κ1) is 13.1. The third-order valence-corrected chi connectivity index (χ3v) is 3.57. The molecule has 0 amide bonds. The number of non-ortho nitro benzene ring substituents is 1. The zero-order valence-corrected chi connectivity index (χ0v) is 10.6. The lowest BCUT2D eigenvalue weighted by Crippen LogP contribution is -2.12. The molecule has 0 saturated heterocycles. The van der Waals surface area contributed by atoms with E-state index in [0.29, 0.717) is 16.6 Å². The third kappa shape index (κ3) is 3.11. The van der Waals surface area contributed by atoms with Crippen molar-refractivity contribution < 1.29 is 10.0 Å². The molecule has 98 valence electrons. The Bertz CT molecular complexity index is 453. The number of nitro groups is 1. The summed E-state index contributed by atoms with van der Waals surface area (Å²) in [6.45, 7) is 0.731. The van der Waals surface area contributed by atoms with Gasteiger partial charge in [-0.3, -0.25) is 10.1 Å². The van der Waals surface area contributed by atoms with E-state index in [1.807, 2.05) is 0 Å². The number of aliphatic hydroxyl groups is 1. The number of nitrogens with one attached hydrogen (secondary N) is 1. The normalized spacial score (nSPS) is 23.0. The van der Waals surface area contributed by atoms with Crippen molar-refractivity contribution in [2.75, 3.05) is 11.9 Å². The Kier molecular flexibility index (Phi) is 4.04. The van der Waals surface area contributed by atoms with Crippen molar-refractivity contribution in [1.82, 2.24) is 0 Å². The van der Waals surface area contributed by atoms with Gasteiger partial charge in [0.1, 0.15) is 0 Å². The summed E-state index contributed by atoms with van der Waals surface area (Å²) in [7, 11) is 0. The molecule has 0 bridgehead atoms. The Balaban J connectivity index is 1.95. The molecular formula is C12H15ClN2O3. The molecule has 2 rings (SSSR count). The van der Waals surface area contributed by atoms with Crippen LogP contribution in [0.1, 0.15) is 19.3 Å². The first-order valence-electron chi connectivity index (χ1n) is 5.92. The van der Waals surface area contributed by atoms with E-state index >= 15 is 0 Å². The molecule has 1 aliphatic rings. The van der Waals surface area contributed by atoms with E-state index in [1.54, 1.807) is 6.07 Å². The Morgan fingerprint density at radius 1 is 1.50 bits per heavy atom. The predicted octanol–water partition coefficient (Wildman–Crippen LogP) is 2.82. The maximum Gasteiger partial charge on any atom is 0.271 e. The lowest BCUT2D eigenvalue weighted by atomic mass is 10.1. The molecular weight excluding hydrogens is 256 g/mol. The van der Waals surface area contributed by atoms with Gasteiger partial charge in [0.25, 0.3) is 5.69 Å². The Morgan fingerprint density at radius 3 is 2.83 bits per heavy atom. The second-order valence-corrected chi connectivity index (χ2v) is 5.04. The number of nitro benzene ring substituents is 1. The minimum atomic E-state index is -0.469. The van der Waals surface area contributed by atoms with Crippen LogP contribution in [-0.2, 0) is 0 Å². The molecule has 1 aliphatic carbocycles. The van der Waals surface area contributed by atoms with Crippen molar-refractivity contribution in [3.8, 4) is 0 Å². The number of anilines is 1. The maximum absolute atomic E-state index is 10.6. The first-order valence-corrected chi connectivity index (χ1v) is 6.30. The van der Waals surface area contributed by atoms with Crippen LogP contribution < -0.4 is 5.32 Å². The summed E-state index contributed by atoms with van der Waals surface area (Å²) < 4.78 is 0. The van der Waals surface area contributed by atoms with E-state index in [2.05, 4.69) is 5.32 Å². The highest BCUT2D eigenvalue weighted by molar-refractivity contribution is 6.33. The Morgan fingerprint density at radius 2 is 2.28 bits per heavy atom. The highest BCUT2D eigenvalue weighted by atomic mass is 35.5. The van der Waals surface area contributed by atoms with Crippen molar-refractivity contribution in [3.05, 3.63) is 33.3 Å². The van der Waals surface area contributed by atoms with Crippen LogP contribution in [0.25, 0.3) is 0 Å². The number of benzene rings is 1. The lowest BCUT2D eigenvalue weighted by Gasteiger charge is -2.13. The van der Waals surface area contributed by atoms with Crippen LogP contribution in [0, 0.1) is 16.0 Å². The topological polar surface area (TPSA) is 75.4 Å². The fourth-order valence-electron chi connectivity index (χ4n) is 2.25. The van der Waals surface area contributed by atoms with E-state index < -0.39 is 4.92 Å². The molecule has 1 fully saturated rings. The van der Waals surface area contributed by atoms with Gasteiger partial charge in [-0.15, -0.1) is 0 Å². The summed E-state index contributed by atoms with van der Waals surface area (Å²) in [6, 6.07) is 4.39. The second kappa shape index (κ2) is 5.54. The van der Waals surface area contributed by atoms with E-state index in [4.69, 9.17) is 11.6 Å². The zero-order valence-electron chi connectivity index (χ0n) is 9.80. The molecule has 2 N–H and O–H groups in total. The molecule has 5 nitrogen and oxygen atoms in total. The van der Waals surface area contributed by atoms with Crippen LogP contribution in [0.3, 0.4) is 0 Å². The van der Waals surface area contributed by atoms with Gasteiger partial charge in [0.2, 0.25) is 0 Å². The summed E-state index contributed by atoms with van der Waals surface area (Å²) in [5.74, 6) is 0.436. The molecule has 0 heterocycles. The maximum atomic E-state index is 10.6. The predicted molar refractivity (Wildman–Crippen MR) is 69.9 cm³/mol. The molecule has 18 heavy (non-hydrogen) atoms. The smallest absolute Gasteiger partial charge is 0.271 e. The molecule has 2 atom stereocenters. The molecule has 0 aromatic heterocycles. The minimum absolute atomic E-state index is 0.0122. The minimum Gasteiger partial charge on any atom is -0.393 e. The van der Waals surface area contributed by atoms with Crippen LogP contribution in [0.5, 0.6) is 0 Å². The van der Waals surface area contributed by atoms with Gasteiger partial charge in [-0.05, 0) is 31.2 Å². The number of halogens is 1. The molecule has 6 heteroatoms. The molecule has 0 spiro atoms.